The molecule has 2 bridgehead atoms. The smallest absolute Gasteiger partial charge is 0.233 e. The van der Waals surface area contributed by atoms with Crippen LogP contribution < -0.4 is 0 Å². The molecule has 0 spiro atoms. The van der Waals surface area contributed by atoms with Crippen LogP contribution in [0.15, 0.2) is 54.1 Å². The molecular weight excluding hydrogens is 470 g/mol. The highest BCUT2D eigenvalue weighted by Gasteiger charge is 2.60. The van der Waals surface area contributed by atoms with E-state index in [1.54, 1.807) is 29.2 Å². The topological polar surface area (TPSA) is 40.6 Å². The largest absolute Gasteiger partial charge is 0.303 e. The number of likely N-dealkylation sites (tertiary alicyclic amines) is 2. The minimum Gasteiger partial charge on any atom is -0.303 e. The van der Waals surface area contributed by atoms with Gasteiger partial charge in [-0.2, -0.15) is 0 Å². The second-order valence-electron chi connectivity index (χ2n) is 11.3. The summed E-state index contributed by atoms with van der Waals surface area (Å²) < 4.78 is 27.1. The Kier molecular flexibility index (Phi) is 6.70. The molecule has 4 nitrogen and oxygen atoms in total. The molecular formula is C31H34F2N2O2. The average molecular weight is 505 g/mol. The maximum atomic E-state index is 13.6. The molecule has 4 fully saturated rings. The molecule has 2 aliphatic carbocycles. The normalized spacial score (nSPS) is 27.3. The standard InChI is InChI=1S/C31H34F2N2O2/c32-25-9-5-20(6-10-25)27(21-7-11-26(33)12-8-21)22-13-17-34(18-14-22)15-1-2-16-35-30(36)28-23-3-4-24(19-23)29(28)31(35)37/h5-12,23-24,28-29H,1-4,13-19H2/t23-,24+,28+,29-. The van der Waals surface area contributed by atoms with Crippen molar-refractivity contribution in [3.8, 4) is 0 Å². The third kappa shape index (κ3) is 4.65. The van der Waals surface area contributed by atoms with Gasteiger partial charge in [0.15, 0.2) is 0 Å². The predicted octanol–water partition coefficient (Wildman–Crippen LogP) is 5.67. The lowest BCUT2D eigenvalue weighted by atomic mass is 9.81. The minimum absolute atomic E-state index is 0.0186. The van der Waals surface area contributed by atoms with Gasteiger partial charge in [0, 0.05) is 19.6 Å². The highest BCUT2D eigenvalue weighted by molar-refractivity contribution is 6.06. The highest BCUT2D eigenvalue weighted by atomic mass is 19.1. The Morgan fingerprint density at radius 3 is 1.73 bits per heavy atom. The van der Waals surface area contributed by atoms with Crippen LogP contribution in [0.1, 0.15) is 56.1 Å². The average Bonchev–Trinajstić information content (AvgIpc) is 3.59. The fraction of sp³-hybridized carbons (Fsp3) is 0.484. The first kappa shape index (κ1) is 24.5. The maximum Gasteiger partial charge on any atom is 0.233 e. The van der Waals surface area contributed by atoms with Gasteiger partial charge in [-0.1, -0.05) is 29.8 Å². The molecule has 6 rings (SSSR count). The van der Waals surface area contributed by atoms with Crippen LogP contribution in [0.25, 0.3) is 5.57 Å². The SMILES string of the molecule is O=C1[C@@H]2[C@H]3CC[C@H](C3)[C@@H]2C(=O)N1CCCCN1CCC(=C(c2ccc(F)cc2)c2ccc(F)cc2)CC1. The van der Waals surface area contributed by atoms with Crippen LogP contribution in [-0.2, 0) is 9.59 Å². The first-order valence-corrected chi connectivity index (χ1v) is 13.8. The fourth-order valence-corrected chi connectivity index (χ4v) is 7.40. The van der Waals surface area contributed by atoms with Crippen LogP contribution >= 0.6 is 0 Å². The summed E-state index contributed by atoms with van der Waals surface area (Å²) in [5, 5.41) is 0. The molecule has 0 N–H and O–H groups in total. The lowest BCUT2D eigenvalue weighted by molar-refractivity contribution is -0.140. The molecule has 2 amide bonds. The Bertz CT molecular complexity index is 1120. The van der Waals surface area contributed by atoms with Crippen molar-refractivity contribution >= 4 is 17.4 Å². The van der Waals surface area contributed by atoms with E-state index in [0.717, 1.165) is 81.3 Å². The Labute approximate surface area is 217 Å². The van der Waals surface area contributed by atoms with Crippen molar-refractivity contribution in [3.05, 3.63) is 76.9 Å². The van der Waals surface area contributed by atoms with Crippen molar-refractivity contribution < 1.29 is 18.4 Å². The summed E-state index contributed by atoms with van der Waals surface area (Å²) in [5.41, 5.74) is 4.29. The van der Waals surface area contributed by atoms with Crippen molar-refractivity contribution in [3.63, 3.8) is 0 Å². The zero-order valence-electron chi connectivity index (χ0n) is 21.2. The second kappa shape index (κ2) is 10.1. The predicted molar refractivity (Wildman–Crippen MR) is 138 cm³/mol. The van der Waals surface area contributed by atoms with Gasteiger partial charge in [0.2, 0.25) is 11.8 Å². The quantitative estimate of drug-likeness (QED) is 0.360. The van der Waals surface area contributed by atoms with Gasteiger partial charge in [0.05, 0.1) is 11.8 Å². The van der Waals surface area contributed by atoms with Crippen LogP contribution in [0.4, 0.5) is 8.78 Å². The van der Waals surface area contributed by atoms with Gasteiger partial charge in [0.25, 0.3) is 0 Å². The monoisotopic (exact) mass is 504 g/mol. The molecule has 0 unspecified atom stereocenters. The number of nitrogens with zero attached hydrogens (tertiary/aromatic N) is 2. The molecule has 37 heavy (non-hydrogen) atoms. The van der Waals surface area contributed by atoms with Crippen LogP contribution in [0.2, 0.25) is 0 Å². The number of carbonyl (C=O) groups is 2. The van der Waals surface area contributed by atoms with Gasteiger partial charge < -0.3 is 4.90 Å². The third-order valence-corrected chi connectivity index (χ3v) is 9.20. The van der Waals surface area contributed by atoms with Crippen LogP contribution in [-0.4, -0.2) is 47.8 Å². The molecule has 194 valence electrons. The summed E-state index contributed by atoms with van der Waals surface area (Å²) >= 11 is 0. The number of imide groups is 1. The number of unbranched alkanes of at least 4 members (excludes halogenated alkanes) is 1. The number of carbonyl (C=O) groups excluding carboxylic acids is 2. The van der Waals surface area contributed by atoms with Crippen LogP contribution in [0, 0.1) is 35.3 Å². The lowest BCUT2D eigenvalue weighted by Gasteiger charge is -2.30. The summed E-state index contributed by atoms with van der Waals surface area (Å²) in [6.07, 6.45) is 6.93. The summed E-state index contributed by atoms with van der Waals surface area (Å²) in [6.45, 7) is 3.36. The molecule has 0 radical (unpaired) electrons. The van der Waals surface area contributed by atoms with Gasteiger partial charge in [0.1, 0.15) is 11.6 Å². The van der Waals surface area contributed by atoms with E-state index >= 15 is 0 Å². The maximum absolute atomic E-state index is 13.6. The molecule has 0 aromatic heterocycles. The molecule has 2 aliphatic heterocycles. The van der Waals surface area contributed by atoms with E-state index in [0.29, 0.717) is 18.4 Å². The van der Waals surface area contributed by atoms with E-state index in [1.165, 1.54) is 29.8 Å². The zero-order valence-corrected chi connectivity index (χ0v) is 21.2. The van der Waals surface area contributed by atoms with E-state index < -0.39 is 0 Å². The number of rotatable bonds is 7. The van der Waals surface area contributed by atoms with Crippen LogP contribution in [0.3, 0.4) is 0 Å². The Balaban J connectivity index is 1.04. The number of hydrogen-bond acceptors (Lipinski definition) is 3. The van der Waals surface area contributed by atoms with E-state index in [2.05, 4.69) is 4.90 Å². The minimum atomic E-state index is -0.269. The highest BCUT2D eigenvalue weighted by Crippen LogP contribution is 2.56. The molecule has 2 saturated carbocycles. The van der Waals surface area contributed by atoms with Crippen molar-refractivity contribution in [2.24, 2.45) is 23.7 Å². The Morgan fingerprint density at radius 2 is 1.22 bits per heavy atom. The summed E-state index contributed by atoms with van der Waals surface area (Å²) in [6, 6.07) is 13.1. The summed E-state index contributed by atoms with van der Waals surface area (Å²) in [7, 11) is 0. The van der Waals surface area contributed by atoms with Gasteiger partial charge in [-0.15, -0.1) is 0 Å². The number of hydrogen-bond donors (Lipinski definition) is 0. The molecule has 6 heteroatoms. The van der Waals surface area contributed by atoms with E-state index in [4.69, 9.17) is 0 Å². The van der Waals surface area contributed by atoms with Crippen molar-refractivity contribution in [1.82, 2.24) is 9.80 Å². The van der Waals surface area contributed by atoms with Crippen molar-refractivity contribution in [2.45, 2.75) is 44.9 Å². The van der Waals surface area contributed by atoms with Crippen molar-refractivity contribution in [1.29, 1.82) is 0 Å². The van der Waals surface area contributed by atoms with Crippen molar-refractivity contribution in [2.75, 3.05) is 26.2 Å². The molecule has 4 aliphatic rings. The number of amides is 2. The molecule has 4 atom stereocenters. The van der Waals surface area contributed by atoms with E-state index in [9.17, 15) is 18.4 Å². The van der Waals surface area contributed by atoms with Gasteiger partial charge in [-0.3, -0.25) is 14.5 Å². The first-order valence-electron chi connectivity index (χ1n) is 13.8. The zero-order chi connectivity index (χ0) is 25.5. The third-order valence-electron chi connectivity index (χ3n) is 9.20. The van der Waals surface area contributed by atoms with E-state index in [1.807, 2.05) is 0 Å². The molecule has 2 saturated heterocycles. The molecule has 2 aromatic rings. The van der Waals surface area contributed by atoms with Gasteiger partial charge >= 0.3 is 0 Å². The molecule has 2 aromatic carbocycles. The van der Waals surface area contributed by atoms with Gasteiger partial charge in [-0.05, 0) is 104 Å². The number of halogens is 2. The Hall–Kier alpha value is -2.86. The van der Waals surface area contributed by atoms with Crippen LogP contribution in [0.5, 0.6) is 0 Å². The van der Waals surface area contributed by atoms with E-state index in [-0.39, 0.29) is 35.3 Å². The van der Waals surface area contributed by atoms with Gasteiger partial charge in [-0.25, -0.2) is 8.78 Å². The fourth-order valence-electron chi connectivity index (χ4n) is 7.40. The summed E-state index contributed by atoms with van der Waals surface area (Å²) in [5.74, 6) is 0.520. The number of benzene rings is 2. The first-order chi connectivity index (χ1) is 18.0. The lowest BCUT2D eigenvalue weighted by Crippen LogP contribution is -2.35. The number of piperidine rings is 1. The number of fused-ring (bicyclic) bond motifs is 5. The molecule has 2 heterocycles. The second-order valence-corrected chi connectivity index (χ2v) is 11.3. The Morgan fingerprint density at radius 1 is 0.730 bits per heavy atom. The summed E-state index contributed by atoms with van der Waals surface area (Å²) in [4.78, 5) is 29.8.